The maximum atomic E-state index is 12.3. The van der Waals surface area contributed by atoms with E-state index in [4.69, 9.17) is 11.6 Å². The van der Waals surface area contributed by atoms with Crippen LogP contribution in [0, 0.1) is 0 Å². The van der Waals surface area contributed by atoms with Gasteiger partial charge < -0.3 is 0 Å². The third-order valence-corrected chi connectivity index (χ3v) is 5.79. The van der Waals surface area contributed by atoms with Crippen LogP contribution in [0.15, 0.2) is 84.3 Å². The Kier molecular flexibility index (Phi) is 7.33. The van der Waals surface area contributed by atoms with E-state index in [1.807, 2.05) is 47.0 Å². The molecule has 33 heavy (non-hydrogen) atoms. The molecule has 0 fully saturated rings. The minimum Gasteiger partial charge on any atom is -0.297 e. The van der Waals surface area contributed by atoms with E-state index in [0.29, 0.717) is 28.1 Å². The van der Waals surface area contributed by atoms with Gasteiger partial charge >= 0.3 is 0 Å². The molecule has 2 heterocycles. The molecule has 0 aliphatic heterocycles. The van der Waals surface area contributed by atoms with Crippen LogP contribution in [0.1, 0.15) is 15.9 Å². The first-order valence-electron chi connectivity index (χ1n) is 9.95. The van der Waals surface area contributed by atoms with Crippen molar-refractivity contribution in [3.05, 3.63) is 95.3 Å². The molecule has 10 heteroatoms. The minimum absolute atomic E-state index is 0.0425. The third-order valence-electron chi connectivity index (χ3n) is 4.57. The molecule has 2 N–H and O–H groups in total. The van der Waals surface area contributed by atoms with Crippen LogP contribution in [0.5, 0.6) is 0 Å². The van der Waals surface area contributed by atoms with Crippen LogP contribution >= 0.6 is 23.4 Å². The molecule has 8 nitrogen and oxygen atoms in total. The Labute approximate surface area is 199 Å². The number of carbonyl (C=O) groups is 2. The van der Waals surface area contributed by atoms with E-state index < -0.39 is 5.91 Å². The molecule has 4 aromatic rings. The van der Waals surface area contributed by atoms with Gasteiger partial charge in [-0.3, -0.25) is 30.0 Å². The summed E-state index contributed by atoms with van der Waals surface area (Å²) < 4.78 is 1.94. The Morgan fingerprint density at radius 2 is 1.73 bits per heavy atom. The number of nitrogens with one attached hydrogen (secondary N) is 2. The molecular formula is C23H19ClN6O2S. The van der Waals surface area contributed by atoms with Crippen molar-refractivity contribution >= 4 is 35.2 Å². The Balaban J connectivity index is 1.42. The fourth-order valence-corrected chi connectivity index (χ4v) is 3.84. The molecule has 0 aliphatic rings. The van der Waals surface area contributed by atoms with Crippen LogP contribution < -0.4 is 10.9 Å². The number of halogens is 1. The van der Waals surface area contributed by atoms with Crippen molar-refractivity contribution in [1.82, 2.24) is 30.6 Å². The molecule has 0 unspecified atom stereocenters. The van der Waals surface area contributed by atoms with Gasteiger partial charge in [-0.15, -0.1) is 10.2 Å². The normalized spacial score (nSPS) is 10.6. The van der Waals surface area contributed by atoms with Gasteiger partial charge in [-0.05, 0) is 42.0 Å². The van der Waals surface area contributed by atoms with Crippen molar-refractivity contribution in [2.45, 2.75) is 11.7 Å². The number of hydrogen-bond donors (Lipinski definition) is 2. The zero-order valence-corrected chi connectivity index (χ0v) is 18.9. The average molecular weight is 479 g/mol. The Hall–Kier alpha value is -3.69. The lowest BCUT2D eigenvalue weighted by molar-refractivity contribution is -0.119. The second kappa shape index (κ2) is 10.8. The molecule has 0 aliphatic carbocycles. The van der Waals surface area contributed by atoms with Crippen molar-refractivity contribution in [3.8, 4) is 11.4 Å². The summed E-state index contributed by atoms with van der Waals surface area (Å²) in [6.07, 6.45) is 3.42. The van der Waals surface area contributed by atoms with Crippen LogP contribution in [-0.2, 0) is 11.3 Å². The molecular weight excluding hydrogens is 460 g/mol. The van der Waals surface area contributed by atoms with Gasteiger partial charge in [-0.2, -0.15) is 0 Å². The predicted molar refractivity (Wildman–Crippen MR) is 127 cm³/mol. The lowest BCUT2D eigenvalue weighted by atomic mass is 10.2. The van der Waals surface area contributed by atoms with E-state index in [1.165, 1.54) is 11.8 Å². The highest BCUT2D eigenvalue weighted by Crippen LogP contribution is 2.24. The minimum atomic E-state index is -0.434. The summed E-state index contributed by atoms with van der Waals surface area (Å²) in [6.45, 7) is 0.537. The summed E-state index contributed by atoms with van der Waals surface area (Å²) in [5.41, 5.74) is 7.09. The van der Waals surface area contributed by atoms with Gasteiger partial charge in [0.2, 0.25) is 5.91 Å². The molecule has 0 saturated carbocycles. The SMILES string of the molecule is O=C(CSc1nnc(-c2cccnc2)n1Cc1ccccc1)NNC(=O)c1ccc(Cl)cc1. The monoisotopic (exact) mass is 478 g/mol. The Bertz CT molecular complexity index is 1230. The summed E-state index contributed by atoms with van der Waals surface area (Å²) in [5.74, 6) is -0.109. The third kappa shape index (κ3) is 5.97. The summed E-state index contributed by atoms with van der Waals surface area (Å²) >= 11 is 7.05. The van der Waals surface area contributed by atoms with E-state index in [-0.39, 0.29) is 11.7 Å². The number of aromatic nitrogens is 4. The number of amides is 2. The molecule has 0 bridgehead atoms. The van der Waals surface area contributed by atoms with Crippen molar-refractivity contribution in [2.24, 2.45) is 0 Å². The molecule has 0 spiro atoms. The van der Waals surface area contributed by atoms with Gasteiger partial charge in [0.1, 0.15) is 0 Å². The van der Waals surface area contributed by atoms with E-state index in [9.17, 15) is 9.59 Å². The molecule has 4 rings (SSSR count). The van der Waals surface area contributed by atoms with E-state index in [0.717, 1.165) is 11.1 Å². The maximum absolute atomic E-state index is 12.3. The predicted octanol–water partition coefficient (Wildman–Crippen LogP) is 3.60. The summed E-state index contributed by atoms with van der Waals surface area (Å²) in [7, 11) is 0. The molecule has 0 radical (unpaired) electrons. The fourth-order valence-electron chi connectivity index (χ4n) is 2.98. The lowest BCUT2D eigenvalue weighted by Crippen LogP contribution is -2.42. The number of hydrogen-bond acceptors (Lipinski definition) is 6. The standard InChI is InChI=1S/C23H19ClN6O2S/c24-19-10-8-17(9-11-19)22(32)28-26-20(31)15-33-23-29-27-21(18-7-4-12-25-13-18)30(23)14-16-5-2-1-3-6-16/h1-13H,14-15H2,(H,26,31)(H,28,32). The van der Waals surface area contributed by atoms with Crippen LogP contribution in [0.3, 0.4) is 0 Å². The van der Waals surface area contributed by atoms with Crippen molar-refractivity contribution < 1.29 is 9.59 Å². The molecule has 2 amide bonds. The van der Waals surface area contributed by atoms with E-state index in [2.05, 4.69) is 26.0 Å². The van der Waals surface area contributed by atoms with Gasteiger partial charge in [-0.25, -0.2) is 0 Å². The van der Waals surface area contributed by atoms with Crippen LogP contribution in [0.4, 0.5) is 0 Å². The highest BCUT2D eigenvalue weighted by atomic mass is 35.5. The van der Waals surface area contributed by atoms with Gasteiger partial charge in [0.25, 0.3) is 5.91 Å². The topological polar surface area (TPSA) is 102 Å². The number of nitrogens with zero attached hydrogens (tertiary/aromatic N) is 4. The van der Waals surface area contributed by atoms with Crippen molar-refractivity contribution in [2.75, 3.05) is 5.75 Å². The summed E-state index contributed by atoms with van der Waals surface area (Å²) in [5, 5.41) is 9.71. The largest absolute Gasteiger partial charge is 0.297 e. The smallest absolute Gasteiger partial charge is 0.269 e. The highest BCUT2D eigenvalue weighted by molar-refractivity contribution is 7.99. The molecule has 0 saturated heterocycles. The fraction of sp³-hybridized carbons (Fsp3) is 0.0870. The first-order valence-corrected chi connectivity index (χ1v) is 11.3. The zero-order valence-electron chi connectivity index (χ0n) is 17.3. The first kappa shape index (κ1) is 22.5. The number of hydrazine groups is 1. The number of benzene rings is 2. The number of pyridine rings is 1. The van der Waals surface area contributed by atoms with Crippen molar-refractivity contribution in [1.29, 1.82) is 0 Å². The Morgan fingerprint density at radius 1 is 0.939 bits per heavy atom. The second-order valence-corrected chi connectivity index (χ2v) is 8.30. The maximum Gasteiger partial charge on any atom is 0.269 e. The molecule has 2 aromatic carbocycles. The van der Waals surface area contributed by atoms with Crippen molar-refractivity contribution in [3.63, 3.8) is 0 Å². The van der Waals surface area contributed by atoms with Gasteiger partial charge in [0, 0.05) is 28.5 Å². The van der Waals surface area contributed by atoms with Crippen LogP contribution in [0.2, 0.25) is 5.02 Å². The van der Waals surface area contributed by atoms with E-state index >= 15 is 0 Å². The van der Waals surface area contributed by atoms with Gasteiger partial charge in [-0.1, -0.05) is 53.7 Å². The van der Waals surface area contributed by atoms with Gasteiger partial charge in [0.15, 0.2) is 11.0 Å². The average Bonchev–Trinajstić information content (AvgIpc) is 3.25. The van der Waals surface area contributed by atoms with Crippen LogP contribution in [-0.4, -0.2) is 37.3 Å². The Morgan fingerprint density at radius 3 is 2.45 bits per heavy atom. The number of thioether (sulfide) groups is 1. The van der Waals surface area contributed by atoms with E-state index in [1.54, 1.807) is 36.7 Å². The molecule has 0 atom stereocenters. The summed E-state index contributed by atoms with van der Waals surface area (Å²) in [4.78, 5) is 28.6. The number of carbonyl (C=O) groups excluding carboxylic acids is 2. The summed E-state index contributed by atoms with van der Waals surface area (Å²) in [6, 6.07) is 20.0. The quantitative estimate of drug-likeness (QED) is 0.311. The lowest BCUT2D eigenvalue weighted by Gasteiger charge is -2.11. The first-order chi connectivity index (χ1) is 16.1. The zero-order chi connectivity index (χ0) is 23.0. The van der Waals surface area contributed by atoms with Gasteiger partial charge in [0.05, 0.1) is 12.3 Å². The second-order valence-electron chi connectivity index (χ2n) is 6.92. The highest BCUT2D eigenvalue weighted by Gasteiger charge is 2.16. The molecule has 166 valence electrons. The van der Waals surface area contributed by atoms with Crippen LogP contribution in [0.25, 0.3) is 11.4 Å². The molecule has 2 aromatic heterocycles. The number of rotatable bonds is 7.